The third kappa shape index (κ3) is 4.46. The fourth-order valence-electron chi connectivity index (χ4n) is 6.46. The van der Waals surface area contributed by atoms with Gasteiger partial charge in [0.25, 0.3) is 5.91 Å². The molecule has 0 bridgehead atoms. The van der Waals surface area contributed by atoms with Crippen molar-refractivity contribution in [3.05, 3.63) is 39.7 Å². The lowest BCUT2D eigenvalue weighted by atomic mass is 9.57. The van der Waals surface area contributed by atoms with Crippen molar-refractivity contribution in [1.82, 2.24) is 10.2 Å². The van der Waals surface area contributed by atoms with Gasteiger partial charge in [-0.05, 0) is 49.9 Å². The van der Waals surface area contributed by atoms with E-state index in [4.69, 9.17) is 5.73 Å². The summed E-state index contributed by atoms with van der Waals surface area (Å²) in [6.07, 6.45) is 0.291. The number of primary amides is 1. The van der Waals surface area contributed by atoms with Crippen molar-refractivity contribution in [2.24, 2.45) is 23.0 Å². The lowest BCUT2D eigenvalue weighted by Crippen LogP contribution is -2.67. The average Bonchev–Trinajstić information content (AvgIpc) is 2.81. The Kier molecular flexibility index (Phi) is 7.32. The number of anilines is 1. The highest BCUT2D eigenvalue weighted by Gasteiger charge is 2.65. The summed E-state index contributed by atoms with van der Waals surface area (Å²) in [7, 11) is 6.87. The van der Waals surface area contributed by atoms with E-state index in [1.807, 2.05) is 25.1 Å². The van der Waals surface area contributed by atoms with Crippen LogP contribution in [0.1, 0.15) is 43.9 Å². The summed E-state index contributed by atoms with van der Waals surface area (Å²) >= 11 is 0. The van der Waals surface area contributed by atoms with Crippen molar-refractivity contribution < 1.29 is 34.8 Å². The molecule has 40 heavy (non-hydrogen) atoms. The van der Waals surface area contributed by atoms with Crippen molar-refractivity contribution in [2.45, 2.75) is 51.8 Å². The van der Waals surface area contributed by atoms with Crippen molar-refractivity contribution in [1.29, 1.82) is 0 Å². The monoisotopic (exact) mass is 556 g/mol. The molecule has 0 aromatic heterocycles. The Morgan fingerprint density at radius 3 is 2.27 bits per heavy atom. The number of fused-ring (bicyclic) bond motifs is 3. The van der Waals surface area contributed by atoms with E-state index in [1.54, 1.807) is 14.1 Å². The van der Waals surface area contributed by atoms with Gasteiger partial charge < -0.3 is 36.4 Å². The number of nitrogens with two attached hydrogens (primary N) is 1. The van der Waals surface area contributed by atoms with Crippen LogP contribution in [0.25, 0.3) is 5.76 Å². The standard InChI is InChI=1S/C29H40N4O7/c1-28(2,3)12-31-11-14-10-17(32(4)5)15-8-13-9-16-21(33(6)7)24(36)20(27(30)39)26(38)29(16,40)25(37)18(13)23(35)19(15)22(14)34/h10,13,16,21,31,34-36,40H,8-9,11-12H2,1-7H3,(H2,30,39)/t13-,16-,21-,29-/m0/s1. The van der Waals surface area contributed by atoms with E-state index in [9.17, 15) is 34.8 Å². The Balaban J connectivity index is 1.90. The van der Waals surface area contributed by atoms with Gasteiger partial charge in [0.1, 0.15) is 22.8 Å². The maximum Gasteiger partial charge on any atom is 0.255 e. The molecule has 218 valence electrons. The van der Waals surface area contributed by atoms with Gasteiger partial charge in [0.05, 0.1) is 11.6 Å². The van der Waals surface area contributed by atoms with Gasteiger partial charge >= 0.3 is 0 Å². The van der Waals surface area contributed by atoms with Crippen LogP contribution < -0.4 is 16.0 Å². The van der Waals surface area contributed by atoms with Crippen LogP contribution in [-0.4, -0.2) is 89.2 Å². The van der Waals surface area contributed by atoms with Gasteiger partial charge in [0.2, 0.25) is 11.6 Å². The maximum atomic E-state index is 14.0. The number of aromatic hydroxyl groups is 1. The molecule has 3 aliphatic rings. The zero-order valence-electron chi connectivity index (χ0n) is 24.1. The minimum atomic E-state index is -2.73. The highest BCUT2D eigenvalue weighted by atomic mass is 16.3. The average molecular weight is 557 g/mol. The third-order valence-electron chi connectivity index (χ3n) is 8.23. The number of phenols is 1. The Labute approximate surface area is 233 Å². The highest BCUT2D eigenvalue weighted by Crippen LogP contribution is 2.53. The van der Waals surface area contributed by atoms with Crippen LogP contribution in [0.4, 0.5) is 5.69 Å². The van der Waals surface area contributed by atoms with E-state index in [1.165, 1.54) is 4.90 Å². The number of ketones is 2. The summed E-state index contributed by atoms with van der Waals surface area (Å²) < 4.78 is 0. The number of hydrogen-bond donors (Lipinski definition) is 6. The second-order valence-electron chi connectivity index (χ2n) is 12.8. The van der Waals surface area contributed by atoms with E-state index in [-0.39, 0.29) is 35.1 Å². The van der Waals surface area contributed by atoms with Crippen molar-refractivity contribution >= 4 is 28.9 Å². The number of nitrogens with one attached hydrogen (secondary N) is 1. The molecule has 0 heterocycles. The van der Waals surface area contributed by atoms with Crippen LogP contribution in [-0.2, 0) is 27.3 Å². The number of aliphatic hydroxyl groups excluding tert-OH is 2. The van der Waals surface area contributed by atoms with Crippen molar-refractivity contribution in [3.63, 3.8) is 0 Å². The van der Waals surface area contributed by atoms with Crippen LogP contribution in [0.15, 0.2) is 23.0 Å². The molecular formula is C29H40N4O7. The number of hydrogen-bond acceptors (Lipinski definition) is 10. The lowest BCUT2D eigenvalue weighted by molar-refractivity contribution is -0.162. The topological polar surface area (TPSA) is 177 Å². The molecule has 1 fully saturated rings. The van der Waals surface area contributed by atoms with Gasteiger partial charge in [0.15, 0.2) is 5.60 Å². The first-order valence-corrected chi connectivity index (χ1v) is 13.3. The summed E-state index contributed by atoms with van der Waals surface area (Å²) in [4.78, 5) is 43.0. The second kappa shape index (κ2) is 9.90. The molecule has 11 nitrogen and oxygen atoms in total. The zero-order chi connectivity index (χ0) is 30.1. The Morgan fingerprint density at radius 2 is 1.75 bits per heavy atom. The third-order valence-corrected chi connectivity index (χ3v) is 8.23. The predicted molar refractivity (Wildman–Crippen MR) is 150 cm³/mol. The number of rotatable bonds is 6. The van der Waals surface area contributed by atoms with E-state index < -0.39 is 58.0 Å². The first kappa shape index (κ1) is 29.6. The SMILES string of the molecule is CN(C)c1cc(CNCC(C)(C)C)c(O)c2c1C[C@H]1C[C@H]3[C@H](N(C)C)C(O)=C(C(N)=O)C(=O)[C@@]3(O)C(=O)C1=C2O. The molecule has 0 spiro atoms. The fourth-order valence-corrected chi connectivity index (χ4v) is 6.46. The summed E-state index contributed by atoms with van der Waals surface area (Å²) in [5.41, 5.74) is 3.63. The van der Waals surface area contributed by atoms with E-state index >= 15 is 0 Å². The Hall–Kier alpha value is -3.41. The molecule has 1 aromatic rings. The highest BCUT2D eigenvalue weighted by molar-refractivity contribution is 6.33. The van der Waals surface area contributed by atoms with Crippen LogP contribution in [0, 0.1) is 17.3 Å². The molecule has 0 unspecified atom stereocenters. The number of carbonyl (C=O) groups is 3. The summed E-state index contributed by atoms with van der Waals surface area (Å²) in [6.45, 7) is 7.20. The number of Topliss-reactive ketones (excluding diaryl/α,β-unsaturated/α-hetero) is 2. The molecule has 3 aliphatic carbocycles. The fraction of sp³-hybridized carbons (Fsp3) is 0.552. The minimum absolute atomic E-state index is 0.00433. The van der Waals surface area contributed by atoms with E-state index in [0.717, 1.165) is 5.69 Å². The molecular weight excluding hydrogens is 516 g/mol. The van der Waals surface area contributed by atoms with Crippen LogP contribution in [0.3, 0.4) is 0 Å². The number of aliphatic hydroxyl groups is 3. The number of phenolic OH excluding ortho intramolecular Hbond substituents is 1. The number of amides is 1. The maximum absolute atomic E-state index is 14.0. The minimum Gasteiger partial charge on any atom is -0.510 e. The molecule has 4 rings (SSSR count). The quantitative estimate of drug-likeness (QED) is 0.220. The van der Waals surface area contributed by atoms with Gasteiger partial charge in [-0.1, -0.05) is 20.8 Å². The van der Waals surface area contributed by atoms with Gasteiger partial charge in [0, 0.05) is 49.9 Å². The van der Waals surface area contributed by atoms with Crippen molar-refractivity contribution in [2.75, 3.05) is 39.6 Å². The van der Waals surface area contributed by atoms with Gasteiger partial charge in [-0.3, -0.25) is 19.3 Å². The summed E-state index contributed by atoms with van der Waals surface area (Å²) in [5.74, 6) is -6.60. The van der Waals surface area contributed by atoms with Gasteiger partial charge in [-0.2, -0.15) is 0 Å². The Bertz CT molecular complexity index is 1350. The van der Waals surface area contributed by atoms with Crippen LogP contribution in [0.2, 0.25) is 0 Å². The van der Waals surface area contributed by atoms with Crippen LogP contribution >= 0.6 is 0 Å². The molecule has 0 saturated heterocycles. The number of carbonyl (C=O) groups excluding carboxylic acids is 3. The Morgan fingerprint density at radius 1 is 1.12 bits per heavy atom. The molecule has 0 radical (unpaired) electrons. The number of likely N-dealkylation sites (N-methyl/N-ethyl adjacent to an activating group) is 1. The lowest BCUT2D eigenvalue weighted by Gasteiger charge is -2.50. The molecule has 1 saturated carbocycles. The van der Waals surface area contributed by atoms with Crippen LogP contribution in [0.5, 0.6) is 5.75 Å². The molecule has 1 amide bonds. The molecule has 7 N–H and O–H groups in total. The number of nitrogens with zero attached hydrogens (tertiary/aromatic N) is 2. The second-order valence-corrected chi connectivity index (χ2v) is 12.8. The smallest absolute Gasteiger partial charge is 0.255 e. The molecule has 11 heteroatoms. The van der Waals surface area contributed by atoms with Crippen molar-refractivity contribution in [3.8, 4) is 5.75 Å². The van der Waals surface area contributed by atoms with Gasteiger partial charge in [-0.15, -0.1) is 0 Å². The predicted octanol–water partition coefficient (Wildman–Crippen LogP) is 1.17. The molecule has 1 aromatic carbocycles. The zero-order valence-corrected chi connectivity index (χ0v) is 24.1. The summed E-state index contributed by atoms with van der Waals surface area (Å²) in [6, 6.07) is 0.807. The number of benzene rings is 1. The summed E-state index contributed by atoms with van der Waals surface area (Å²) in [5, 5.41) is 48.8. The first-order chi connectivity index (χ1) is 18.4. The first-order valence-electron chi connectivity index (χ1n) is 13.3. The largest absolute Gasteiger partial charge is 0.510 e. The van der Waals surface area contributed by atoms with E-state index in [0.29, 0.717) is 24.2 Å². The van der Waals surface area contributed by atoms with Gasteiger partial charge in [-0.25, -0.2) is 0 Å². The molecule has 4 atom stereocenters. The normalized spacial score (nSPS) is 26.6. The molecule has 0 aliphatic heterocycles. The van der Waals surface area contributed by atoms with E-state index in [2.05, 4.69) is 26.1 Å².